The summed E-state index contributed by atoms with van der Waals surface area (Å²) in [5.74, 6) is -2.67. The molecule has 4 atom stereocenters. The average Bonchev–Trinajstić information content (AvgIpc) is 3.50. The molecule has 3 saturated heterocycles. The summed E-state index contributed by atoms with van der Waals surface area (Å²) in [6, 6.07) is 8.62. The number of fused-ring (bicyclic) bond motifs is 7. The lowest BCUT2D eigenvalue weighted by atomic mass is 9.75. The van der Waals surface area contributed by atoms with Crippen molar-refractivity contribution in [3.05, 3.63) is 62.7 Å². The Morgan fingerprint density at radius 3 is 2.55 bits per heavy atom. The molecule has 2 aromatic rings. The Balaban J connectivity index is 1.52. The third kappa shape index (κ3) is 2.33. The van der Waals surface area contributed by atoms with E-state index in [9.17, 15) is 24.5 Å². The van der Waals surface area contributed by atoms with Gasteiger partial charge in [0.15, 0.2) is 0 Å². The van der Waals surface area contributed by atoms with E-state index in [-0.39, 0.29) is 29.2 Å². The largest absolute Gasteiger partial charge is 0.324 e. The number of nitro groups is 1. The minimum atomic E-state index is -1.28. The molecule has 10 heteroatoms. The van der Waals surface area contributed by atoms with Crippen LogP contribution in [0.2, 0.25) is 5.02 Å². The molecule has 0 unspecified atom stereocenters. The molecule has 0 aromatic heterocycles. The molecule has 4 aliphatic rings. The van der Waals surface area contributed by atoms with Crippen LogP contribution in [-0.4, -0.2) is 40.1 Å². The van der Waals surface area contributed by atoms with Crippen molar-refractivity contribution in [1.29, 1.82) is 0 Å². The first-order valence-electron chi connectivity index (χ1n) is 10.8. The smallest absolute Gasteiger partial charge is 0.269 e. The third-order valence-electron chi connectivity index (χ3n) is 7.68. The van der Waals surface area contributed by atoms with E-state index in [1.165, 1.54) is 24.3 Å². The summed E-state index contributed by atoms with van der Waals surface area (Å²) in [5, 5.41) is 14.5. The molecule has 1 spiro atoms. The van der Waals surface area contributed by atoms with E-state index in [0.717, 1.165) is 16.9 Å². The number of hydrogen-bond acceptors (Lipinski definition) is 6. The van der Waals surface area contributed by atoms with E-state index in [0.29, 0.717) is 29.2 Å². The lowest BCUT2D eigenvalue weighted by molar-refractivity contribution is -0.384. The van der Waals surface area contributed by atoms with Gasteiger partial charge in [-0.3, -0.25) is 29.4 Å². The van der Waals surface area contributed by atoms with Crippen LogP contribution in [0.4, 0.5) is 17.1 Å². The van der Waals surface area contributed by atoms with Crippen molar-refractivity contribution in [1.82, 2.24) is 4.90 Å². The van der Waals surface area contributed by atoms with Crippen molar-refractivity contribution in [2.24, 2.45) is 11.8 Å². The molecule has 0 radical (unpaired) electrons. The Kier molecular flexibility index (Phi) is 4.07. The predicted molar refractivity (Wildman–Crippen MR) is 119 cm³/mol. The van der Waals surface area contributed by atoms with Gasteiger partial charge in [0.1, 0.15) is 5.54 Å². The van der Waals surface area contributed by atoms with Crippen LogP contribution in [0.15, 0.2) is 36.4 Å². The Bertz CT molecular complexity index is 1280. The fourth-order valence-electron chi connectivity index (χ4n) is 6.37. The second-order valence-electron chi connectivity index (χ2n) is 9.01. The van der Waals surface area contributed by atoms with Crippen LogP contribution in [-0.2, 0) is 19.9 Å². The highest BCUT2D eigenvalue weighted by Gasteiger charge is 2.74. The summed E-state index contributed by atoms with van der Waals surface area (Å²) in [6.45, 7) is 2.43. The lowest BCUT2D eigenvalue weighted by Gasteiger charge is -2.36. The van der Waals surface area contributed by atoms with Crippen LogP contribution in [0.5, 0.6) is 0 Å². The van der Waals surface area contributed by atoms with E-state index >= 15 is 0 Å². The first-order chi connectivity index (χ1) is 15.8. The minimum Gasteiger partial charge on any atom is -0.324 e. The molecule has 6 rings (SSSR count). The van der Waals surface area contributed by atoms with Gasteiger partial charge < -0.3 is 5.32 Å². The Labute approximate surface area is 193 Å². The Morgan fingerprint density at radius 2 is 1.85 bits per heavy atom. The number of carbonyl (C=O) groups is 3. The SMILES string of the molecule is Cc1c(Cl)ccc2c1NC(=O)[C@@]21[C@@H]2C(=O)N(c3ccc([N+](=O)[O-])cc3)C(=O)[C@@H]2[C@H]2CCCN21. The van der Waals surface area contributed by atoms with Crippen LogP contribution in [0.1, 0.15) is 24.0 Å². The number of non-ortho nitro benzene ring substituents is 1. The zero-order valence-corrected chi connectivity index (χ0v) is 18.3. The van der Waals surface area contributed by atoms with Crippen LogP contribution in [0.3, 0.4) is 0 Å². The summed E-state index contributed by atoms with van der Waals surface area (Å²) in [4.78, 5) is 54.8. The van der Waals surface area contributed by atoms with Gasteiger partial charge in [0.25, 0.3) is 5.69 Å². The summed E-state index contributed by atoms with van der Waals surface area (Å²) >= 11 is 6.31. The highest BCUT2D eigenvalue weighted by atomic mass is 35.5. The molecule has 4 heterocycles. The number of rotatable bonds is 2. The Morgan fingerprint density at radius 1 is 1.12 bits per heavy atom. The van der Waals surface area contributed by atoms with Crippen molar-refractivity contribution in [3.63, 3.8) is 0 Å². The van der Waals surface area contributed by atoms with E-state index in [1.54, 1.807) is 12.1 Å². The zero-order chi connectivity index (χ0) is 23.2. The van der Waals surface area contributed by atoms with Gasteiger partial charge >= 0.3 is 0 Å². The van der Waals surface area contributed by atoms with E-state index in [4.69, 9.17) is 11.6 Å². The number of hydrogen-bond donors (Lipinski definition) is 1. The molecule has 168 valence electrons. The Hall–Kier alpha value is -3.30. The third-order valence-corrected chi connectivity index (χ3v) is 8.09. The standard InChI is InChI=1S/C23H19ClN4O5/c1-11-15(24)9-8-14-19(11)25-22(31)23(14)18-17(16-3-2-10-26(16)23)20(29)27(21(18)30)12-4-6-13(7-5-12)28(32)33/h4-9,16-18H,2-3,10H2,1H3,(H,25,31)/t16-,17-,18+,23+/m1/s1. The van der Waals surface area contributed by atoms with Crippen LogP contribution >= 0.6 is 11.6 Å². The average molecular weight is 467 g/mol. The molecule has 3 amide bonds. The van der Waals surface area contributed by atoms with Crippen molar-refractivity contribution >= 4 is 46.4 Å². The highest BCUT2D eigenvalue weighted by Crippen LogP contribution is 2.61. The van der Waals surface area contributed by atoms with Crippen molar-refractivity contribution in [3.8, 4) is 0 Å². The van der Waals surface area contributed by atoms with Gasteiger partial charge in [-0.1, -0.05) is 17.7 Å². The number of anilines is 2. The second-order valence-corrected chi connectivity index (χ2v) is 9.41. The number of nitrogens with zero attached hydrogens (tertiary/aromatic N) is 3. The molecule has 0 aliphatic carbocycles. The predicted octanol–water partition coefficient (Wildman–Crippen LogP) is 2.99. The summed E-state index contributed by atoms with van der Waals surface area (Å²) < 4.78 is 0. The maximum Gasteiger partial charge on any atom is 0.269 e. The fraction of sp³-hybridized carbons (Fsp3) is 0.348. The molecular weight excluding hydrogens is 448 g/mol. The van der Waals surface area contributed by atoms with E-state index in [1.807, 2.05) is 11.8 Å². The summed E-state index contributed by atoms with van der Waals surface area (Å²) in [7, 11) is 0. The van der Waals surface area contributed by atoms with Crippen LogP contribution < -0.4 is 10.2 Å². The molecule has 1 N–H and O–H groups in total. The molecule has 2 aromatic carbocycles. The maximum absolute atomic E-state index is 13.9. The van der Waals surface area contributed by atoms with Gasteiger partial charge in [-0.15, -0.1) is 0 Å². The van der Waals surface area contributed by atoms with Crippen molar-refractivity contribution < 1.29 is 19.3 Å². The minimum absolute atomic E-state index is 0.132. The van der Waals surface area contributed by atoms with Gasteiger partial charge in [-0.05, 0) is 50.1 Å². The molecule has 4 aliphatic heterocycles. The molecule has 0 bridgehead atoms. The topological polar surface area (TPSA) is 113 Å². The van der Waals surface area contributed by atoms with Crippen LogP contribution in [0.25, 0.3) is 0 Å². The summed E-state index contributed by atoms with van der Waals surface area (Å²) in [5.41, 5.74) is 0.873. The number of amides is 3. The number of carbonyl (C=O) groups excluding carboxylic acids is 3. The number of imide groups is 1. The van der Waals surface area contributed by atoms with E-state index in [2.05, 4.69) is 5.32 Å². The number of nitrogens with one attached hydrogen (secondary N) is 1. The molecular formula is C23H19ClN4O5. The quantitative estimate of drug-likeness (QED) is 0.413. The van der Waals surface area contributed by atoms with E-state index < -0.39 is 28.2 Å². The van der Waals surface area contributed by atoms with Gasteiger partial charge in [-0.2, -0.15) is 0 Å². The first kappa shape index (κ1) is 20.3. The fourth-order valence-corrected chi connectivity index (χ4v) is 6.53. The molecule has 33 heavy (non-hydrogen) atoms. The number of benzene rings is 2. The zero-order valence-electron chi connectivity index (χ0n) is 17.6. The maximum atomic E-state index is 13.9. The summed E-state index contributed by atoms with van der Waals surface area (Å²) in [6.07, 6.45) is 1.54. The van der Waals surface area contributed by atoms with Crippen LogP contribution in [0, 0.1) is 28.9 Å². The van der Waals surface area contributed by atoms with Crippen molar-refractivity contribution in [2.45, 2.75) is 31.3 Å². The van der Waals surface area contributed by atoms with Gasteiger partial charge in [0.05, 0.1) is 28.1 Å². The number of nitro benzene ring substituents is 1. The van der Waals surface area contributed by atoms with Gasteiger partial charge in [0, 0.05) is 28.8 Å². The molecule has 3 fully saturated rings. The molecule has 0 saturated carbocycles. The highest BCUT2D eigenvalue weighted by molar-refractivity contribution is 6.32. The van der Waals surface area contributed by atoms with Gasteiger partial charge in [0.2, 0.25) is 17.7 Å². The lowest BCUT2D eigenvalue weighted by Crippen LogP contribution is -2.54. The van der Waals surface area contributed by atoms with Crippen molar-refractivity contribution in [2.75, 3.05) is 16.8 Å². The normalized spacial score (nSPS) is 30.1. The second kappa shape index (κ2) is 6.61. The first-order valence-corrected chi connectivity index (χ1v) is 11.2. The monoisotopic (exact) mass is 466 g/mol. The van der Waals surface area contributed by atoms with Gasteiger partial charge in [-0.25, -0.2) is 4.90 Å². The molecule has 9 nitrogen and oxygen atoms in total. The number of halogens is 1.